The normalized spacial score (nSPS) is 17.8. The molecule has 0 aromatic rings. The molecule has 0 bridgehead atoms. The molecule has 92 heavy (non-hydrogen) atoms. The average Bonchev–Trinajstić information content (AvgIpc) is 1.16. The van der Waals surface area contributed by atoms with Crippen LogP contribution in [0.2, 0.25) is 0 Å². The highest BCUT2D eigenvalue weighted by molar-refractivity contribution is 8.76. The molecule has 530 valence electrons. The van der Waals surface area contributed by atoms with Crippen LogP contribution in [0.1, 0.15) is 77.0 Å². The summed E-state index contributed by atoms with van der Waals surface area (Å²) >= 11 is 0. The van der Waals surface area contributed by atoms with Gasteiger partial charge < -0.3 is 140 Å². The summed E-state index contributed by atoms with van der Waals surface area (Å²) in [6.07, 6.45) is -33.7. The van der Waals surface area contributed by atoms with Gasteiger partial charge in [0.1, 0.15) is 67.0 Å². The molecule has 0 fully saturated rings. The topological polar surface area (TPSA) is 713 Å². The maximum Gasteiger partial charge on any atom is 0.327 e. The van der Waals surface area contributed by atoms with Gasteiger partial charge in [0.2, 0.25) is 35.4 Å². The number of carboxylic acids is 4. The molecule has 19 atom stereocenters. The minimum absolute atomic E-state index is 0.231. The molecular weight excluding hydrogens is 1280 g/mol. The van der Waals surface area contributed by atoms with Gasteiger partial charge in [0.25, 0.3) is 0 Å². The van der Waals surface area contributed by atoms with Crippen molar-refractivity contribution in [2.45, 2.75) is 181 Å². The number of aliphatic hydroxyl groups excluding tert-OH is 15. The first kappa shape index (κ1) is 86.1. The van der Waals surface area contributed by atoms with E-state index in [-0.39, 0.29) is 5.75 Å². The molecule has 0 aliphatic rings. The van der Waals surface area contributed by atoms with E-state index < -0.39 is 308 Å². The molecule has 0 aromatic heterocycles. The van der Waals surface area contributed by atoms with E-state index in [4.69, 9.17) is 31.9 Å². The summed E-state index contributed by atoms with van der Waals surface area (Å²) in [6, 6.07) is -8.64. The Morgan fingerprint density at radius 3 is 0.967 bits per heavy atom. The molecule has 41 heteroatoms. The van der Waals surface area contributed by atoms with Crippen LogP contribution in [0.5, 0.6) is 0 Å². The van der Waals surface area contributed by atoms with Crippen molar-refractivity contribution in [1.29, 1.82) is 0 Å². The number of aliphatic carboxylic acids is 4. The maximum atomic E-state index is 14.4. The van der Waals surface area contributed by atoms with Gasteiger partial charge in [-0.3, -0.25) is 52.7 Å². The number of carbonyl (C=O) groups is 12. The summed E-state index contributed by atoms with van der Waals surface area (Å²) in [4.78, 5) is 156. The molecule has 0 saturated heterocycles. The highest BCUT2D eigenvalue weighted by Gasteiger charge is 2.37. The lowest BCUT2D eigenvalue weighted by molar-refractivity contribution is -0.142. The Morgan fingerprint density at radius 2 is 0.652 bits per heavy atom. The molecule has 0 aliphatic heterocycles. The largest absolute Gasteiger partial charge is 0.481 e. The van der Waals surface area contributed by atoms with E-state index in [2.05, 4.69) is 31.9 Å². The summed E-state index contributed by atoms with van der Waals surface area (Å²) in [5.74, 6) is -19.6. The number of hydrogen-bond donors (Lipinski definition) is 27. The SMILES string of the molecule is NC(CSSCC(NC(=O)C(CCC(=O)NCC(O)C(O)C(O)C(O)CO)CC(=O)C(CCC(=O)O)NC(=O)C(CCC(=O)NCC(O)C(O)C(O)C(O)CO)CC(=O)C(CCC(=O)O)NC(=O)C(N)CCC(=O)NCC(O)C(O)C(O)C(O)CO)C(=O)O)C(=O)O. The molecule has 0 rings (SSSR count). The van der Waals surface area contributed by atoms with Crippen LogP contribution in [0.15, 0.2) is 0 Å². The third kappa shape index (κ3) is 33.8. The maximum absolute atomic E-state index is 14.4. The lowest BCUT2D eigenvalue weighted by Crippen LogP contribution is -2.51. The van der Waals surface area contributed by atoms with E-state index in [1.54, 1.807) is 0 Å². The number of carboxylic acid groups (broad SMARTS) is 4. The van der Waals surface area contributed by atoms with Crippen LogP contribution in [0.3, 0.4) is 0 Å². The van der Waals surface area contributed by atoms with Crippen LogP contribution in [0.25, 0.3) is 0 Å². The summed E-state index contributed by atoms with van der Waals surface area (Å²) < 4.78 is 0. The fourth-order valence-electron chi connectivity index (χ4n) is 7.93. The monoisotopic (exact) mass is 1370 g/mol. The van der Waals surface area contributed by atoms with E-state index in [1.165, 1.54) is 0 Å². The van der Waals surface area contributed by atoms with Gasteiger partial charge >= 0.3 is 23.9 Å². The minimum Gasteiger partial charge on any atom is -0.481 e. The van der Waals surface area contributed by atoms with Crippen LogP contribution < -0.4 is 43.4 Å². The van der Waals surface area contributed by atoms with Crippen LogP contribution in [0, 0.1) is 11.8 Å². The first-order valence-electron chi connectivity index (χ1n) is 28.3. The third-order valence-electron chi connectivity index (χ3n) is 13.8. The Hall–Kier alpha value is -5.94. The molecule has 0 heterocycles. The van der Waals surface area contributed by atoms with Crippen molar-refractivity contribution in [3.63, 3.8) is 0 Å². The molecule has 0 aromatic carbocycles. The average molecular weight is 1370 g/mol. The number of carbonyl (C=O) groups excluding carboxylic acids is 8. The van der Waals surface area contributed by atoms with Crippen LogP contribution >= 0.6 is 21.6 Å². The fourth-order valence-corrected chi connectivity index (χ4v) is 10.2. The second-order valence-corrected chi connectivity index (χ2v) is 23.7. The molecule has 0 saturated carbocycles. The Kier molecular flexibility index (Phi) is 42.5. The fraction of sp³-hybridized carbons (Fsp3) is 0.765. The van der Waals surface area contributed by atoms with Crippen molar-refractivity contribution in [3.05, 3.63) is 0 Å². The zero-order chi connectivity index (χ0) is 70.7. The Balaban J connectivity index is 7.20. The number of ketones is 2. The van der Waals surface area contributed by atoms with Gasteiger partial charge in [0.05, 0.1) is 56.3 Å². The van der Waals surface area contributed by atoms with E-state index in [9.17, 15) is 134 Å². The Morgan fingerprint density at radius 1 is 0.348 bits per heavy atom. The number of amides is 6. The number of nitrogens with one attached hydrogen (secondary N) is 6. The van der Waals surface area contributed by atoms with Gasteiger partial charge in [-0.2, -0.15) is 0 Å². The smallest absolute Gasteiger partial charge is 0.327 e. The number of hydrogen-bond acceptors (Lipinski definition) is 31. The van der Waals surface area contributed by atoms with Gasteiger partial charge in [-0.05, 0) is 32.1 Å². The number of aliphatic hydroxyl groups is 15. The van der Waals surface area contributed by atoms with E-state index in [0.29, 0.717) is 0 Å². The van der Waals surface area contributed by atoms with Crippen LogP contribution in [-0.2, 0) is 57.5 Å². The number of Topliss-reactive ketones (excluding diaryl/α,β-unsaturated/α-hetero) is 2. The highest BCUT2D eigenvalue weighted by Crippen LogP contribution is 2.24. The summed E-state index contributed by atoms with van der Waals surface area (Å²) in [5.41, 5.74) is 11.5. The lowest BCUT2D eigenvalue weighted by atomic mass is 9.89. The van der Waals surface area contributed by atoms with Crippen LogP contribution in [0.4, 0.5) is 0 Å². The van der Waals surface area contributed by atoms with Crippen molar-refractivity contribution >= 4 is 92.5 Å². The predicted molar refractivity (Wildman–Crippen MR) is 312 cm³/mol. The summed E-state index contributed by atoms with van der Waals surface area (Å²) in [5, 5.41) is 198. The molecule has 0 radical (unpaired) electrons. The van der Waals surface area contributed by atoms with Crippen molar-refractivity contribution < 1.29 is 155 Å². The molecule has 29 N–H and O–H groups in total. The van der Waals surface area contributed by atoms with Gasteiger partial charge in [-0.1, -0.05) is 21.6 Å². The number of nitrogens with two attached hydrogens (primary N) is 2. The quantitative estimate of drug-likeness (QED) is 0.0199. The summed E-state index contributed by atoms with van der Waals surface area (Å²) in [7, 11) is 1.57. The zero-order valence-corrected chi connectivity index (χ0v) is 51.1. The van der Waals surface area contributed by atoms with E-state index in [0.717, 1.165) is 21.6 Å². The second-order valence-electron chi connectivity index (χ2n) is 21.2. The highest BCUT2D eigenvalue weighted by atomic mass is 33.1. The molecule has 19 unspecified atom stereocenters. The zero-order valence-electron chi connectivity index (χ0n) is 49.5. The first-order valence-corrected chi connectivity index (χ1v) is 30.8. The minimum atomic E-state index is -2.16. The van der Waals surface area contributed by atoms with Gasteiger partial charge in [0, 0.05) is 87.9 Å². The molecule has 6 amide bonds. The Bertz CT molecular complexity index is 2370. The van der Waals surface area contributed by atoms with Crippen molar-refractivity contribution in [2.24, 2.45) is 23.3 Å². The standard InChI is InChI=1S/C51H88N8O31S2/c52-23(3-8-38(73)56-15-32(67)43(80)46(83)35(70)18-62)49(86)58-26(5-10-40(76)77)29(64)11-21(1-6-36(71)54-13-30(65)41(78)44(81)33(68)16-60)47(84)57-25(4-9-39(74)75)28(63)12-22(2-7-37(72)55-14-31(66)42(79)45(82)34(69)17-61)48(85)59-27(51(89)90)20-92-91-19-24(53)50(87)88/h21-27,30-35,41-46,60-62,65-70,78-83H,1-20,52-53H2,(H,54,71)(H,55,72)(H,56,73)(H,57,84)(H,58,86)(H,59,85)(H,74,75)(H,76,77)(H,87,88)(H,89,90). The lowest BCUT2D eigenvalue weighted by Gasteiger charge is -2.26. The number of rotatable bonds is 52. The molecule has 0 aliphatic carbocycles. The summed E-state index contributed by atoms with van der Waals surface area (Å²) in [6.45, 7) is -5.51. The molecular formula is C51H88N8O31S2. The molecule has 0 spiro atoms. The molecule has 39 nitrogen and oxygen atoms in total. The van der Waals surface area contributed by atoms with Gasteiger partial charge in [-0.25, -0.2) is 4.79 Å². The van der Waals surface area contributed by atoms with Gasteiger partial charge in [0.15, 0.2) is 11.6 Å². The third-order valence-corrected chi connectivity index (χ3v) is 16.2. The van der Waals surface area contributed by atoms with Gasteiger partial charge in [-0.15, -0.1) is 0 Å². The second kappa shape index (κ2) is 45.4. The van der Waals surface area contributed by atoms with Crippen molar-refractivity contribution in [2.75, 3.05) is 51.0 Å². The van der Waals surface area contributed by atoms with Crippen molar-refractivity contribution in [3.8, 4) is 0 Å². The van der Waals surface area contributed by atoms with E-state index in [1.807, 2.05) is 0 Å². The van der Waals surface area contributed by atoms with E-state index >= 15 is 0 Å². The van der Waals surface area contributed by atoms with Crippen molar-refractivity contribution in [1.82, 2.24) is 31.9 Å². The first-order chi connectivity index (χ1) is 42.9. The predicted octanol–water partition coefficient (Wildman–Crippen LogP) is -12.5. The van der Waals surface area contributed by atoms with Crippen LogP contribution in [-0.4, -0.2) is 322 Å². The Labute approximate surface area is 532 Å².